The van der Waals surface area contributed by atoms with Gasteiger partial charge in [-0.1, -0.05) is 24.3 Å². The summed E-state index contributed by atoms with van der Waals surface area (Å²) in [5.41, 5.74) is 0.927. The van der Waals surface area contributed by atoms with E-state index in [0.29, 0.717) is 15.8 Å². The molecule has 0 N–H and O–H groups in total. The molecule has 0 bridgehead atoms. The zero-order chi connectivity index (χ0) is 21.0. The molecule has 9 heteroatoms. The van der Waals surface area contributed by atoms with Crippen LogP contribution in [0.4, 0.5) is 18.9 Å². The Labute approximate surface area is 173 Å². The number of alkyl halides is 3. The molecule has 3 aromatic heterocycles. The topological polar surface area (TPSA) is 50.5 Å². The summed E-state index contributed by atoms with van der Waals surface area (Å²) < 4.78 is 41.9. The molecular weight excluding hydrogens is 413 g/mol. The molecule has 0 aliphatic carbocycles. The van der Waals surface area contributed by atoms with Gasteiger partial charge in [0.2, 0.25) is 0 Å². The number of aromatic nitrogens is 3. The minimum absolute atomic E-state index is 0.0169. The van der Waals surface area contributed by atoms with Gasteiger partial charge in [-0.25, -0.2) is 9.50 Å². The number of nitrogens with zero attached hydrogens (tertiary/aromatic N) is 4. The quantitative estimate of drug-likeness (QED) is 0.448. The van der Waals surface area contributed by atoms with Crippen molar-refractivity contribution in [1.29, 1.82) is 0 Å². The highest BCUT2D eigenvalue weighted by atomic mass is 32.1. The van der Waals surface area contributed by atoms with Crippen molar-refractivity contribution in [3.8, 4) is 10.6 Å². The van der Waals surface area contributed by atoms with Crippen molar-refractivity contribution < 1.29 is 18.0 Å². The summed E-state index contributed by atoms with van der Waals surface area (Å²) in [7, 11) is 0. The van der Waals surface area contributed by atoms with Crippen LogP contribution in [0.2, 0.25) is 0 Å². The van der Waals surface area contributed by atoms with Crippen LogP contribution < -0.4 is 4.90 Å². The molecule has 0 saturated carbocycles. The molecule has 0 spiro atoms. The second-order valence-electron chi connectivity index (χ2n) is 7.16. The first-order valence-corrected chi connectivity index (χ1v) is 10.1. The van der Waals surface area contributed by atoms with Crippen molar-refractivity contribution >= 4 is 28.6 Å². The summed E-state index contributed by atoms with van der Waals surface area (Å²) in [6.07, 6.45) is -3.96. The lowest BCUT2D eigenvalue weighted by Crippen LogP contribution is -2.36. The summed E-state index contributed by atoms with van der Waals surface area (Å²) in [4.78, 5) is 19.7. The first-order chi connectivity index (χ1) is 14.3. The van der Waals surface area contributed by atoms with Gasteiger partial charge in [0.15, 0.2) is 17.0 Å². The standard InChI is InChI=1S/C21H15F3N4OS/c1-12-9-13-5-2-3-6-16(13)27(12)20(29)15-11-19-25-14(17-7-4-8-30-17)10-18(21(22,23)24)28(19)26-15/h2-8,10-12H,9H2,1H3/t12-/m1/s1. The van der Waals surface area contributed by atoms with Crippen LogP contribution in [0.25, 0.3) is 16.2 Å². The van der Waals surface area contributed by atoms with Gasteiger partial charge < -0.3 is 4.90 Å². The Hall–Kier alpha value is -3.20. The lowest BCUT2D eigenvalue weighted by atomic mass is 10.1. The second-order valence-corrected chi connectivity index (χ2v) is 8.11. The molecule has 0 saturated heterocycles. The van der Waals surface area contributed by atoms with Crippen LogP contribution in [-0.4, -0.2) is 26.5 Å². The monoisotopic (exact) mass is 428 g/mol. The number of fused-ring (bicyclic) bond motifs is 2. The molecule has 0 radical (unpaired) electrons. The SMILES string of the molecule is C[C@@H]1Cc2ccccc2N1C(=O)c1cc2nc(-c3cccs3)cc(C(F)(F)F)n2n1. The van der Waals surface area contributed by atoms with Gasteiger partial charge in [-0.15, -0.1) is 11.3 Å². The summed E-state index contributed by atoms with van der Waals surface area (Å²) in [5, 5.41) is 5.77. The molecule has 1 atom stereocenters. The van der Waals surface area contributed by atoms with Gasteiger partial charge in [0.25, 0.3) is 5.91 Å². The Bertz CT molecular complexity index is 1260. The van der Waals surface area contributed by atoms with Crippen molar-refractivity contribution in [3.63, 3.8) is 0 Å². The second kappa shape index (κ2) is 6.66. The predicted octanol–water partition coefficient (Wildman–Crippen LogP) is 5.07. The number of amides is 1. The van der Waals surface area contributed by atoms with E-state index in [2.05, 4.69) is 10.1 Å². The van der Waals surface area contributed by atoms with Crippen LogP contribution in [0, 0.1) is 0 Å². The zero-order valence-electron chi connectivity index (χ0n) is 15.7. The highest BCUT2D eigenvalue weighted by Crippen LogP contribution is 2.35. The average molecular weight is 428 g/mol. The van der Waals surface area contributed by atoms with Gasteiger partial charge >= 0.3 is 6.18 Å². The van der Waals surface area contributed by atoms with Crippen molar-refractivity contribution in [2.75, 3.05) is 4.90 Å². The maximum absolute atomic E-state index is 13.7. The van der Waals surface area contributed by atoms with Gasteiger partial charge in [0.1, 0.15) is 0 Å². The Kier molecular flexibility index (Phi) is 4.18. The van der Waals surface area contributed by atoms with Crippen molar-refractivity contribution in [1.82, 2.24) is 14.6 Å². The molecule has 5 rings (SSSR count). The van der Waals surface area contributed by atoms with E-state index in [1.165, 1.54) is 17.4 Å². The van der Waals surface area contributed by atoms with E-state index < -0.39 is 17.8 Å². The van der Waals surface area contributed by atoms with E-state index in [9.17, 15) is 18.0 Å². The lowest BCUT2D eigenvalue weighted by molar-refractivity contribution is -0.142. The molecule has 0 unspecified atom stereocenters. The van der Waals surface area contributed by atoms with E-state index in [4.69, 9.17) is 0 Å². The number of hydrogen-bond acceptors (Lipinski definition) is 4. The van der Waals surface area contributed by atoms with Gasteiger partial charge in [0.05, 0.1) is 10.6 Å². The fourth-order valence-corrected chi connectivity index (χ4v) is 4.52. The normalized spacial score (nSPS) is 16.3. The molecule has 4 heterocycles. The molecule has 1 aliphatic rings. The number of para-hydroxylation sites is 1. The number of benzene rings is 1. The smallest absolute Gasteiger partial charge is 0.304 e. The molecular formula is C21H15F3N4OS. The minimum Gasteiger partial charge on any atom is -0.304 e. The Balaban J connectivity index is 1.64. The molecule has 152 valence electrons. The fraction of sp³-hybridized carbons (Fsp3) is 0.190. The number of carbonyl (C=O) groups is 1. The summed E-state index contributed by atoms with van der Waals surface area (Å²) in [6.45, 7) is 1.90. The highest BCUT2D eigenvalue weighted by Gasteiger charge is 2.37. The van der Waals surface area contributed by atoms with Gasteiger partial charge in [-0.3, -0.25) is 4.79 Å². The predicted molar refractivity (Wildman–Crippen MR) is 108 cm³/mol. The van der Waals surface area contributed by atoms with Crippen LogP contribution in [0.15, 0.2) is 53.9 Å². The number of anilines is 1. The molecule has 1 amide bonds. The van der Waals surface area contributed by atoms with E-state index in [1.807, 2.05) is 31.2 Å². The number of hydrogen-bond donors (Lipinski definition) is 0. The van der Waals surface area contributed by atoms with Crippen LogP contribution in [0.1, 0.15) is 28.7 Å². The number of rotatable bonds is 2. The first kappa shape index (κ1) is 18.8. The van der Waals surface area contributed by atoms with E-state index in [0.717, 1.165) is 17.3 Å². The first-order valence-electron chi connectivity index (χ1n) is 9.26. The molecule has 1 aliphatic heterocycles. The summed E-state index contributed by atoms with van der Waals surface area (Å²) >= 11 is 1.30. The van der Waals surface area contributed by atoms with Crippen molar-refractivity contribution in [2.24, 2.45) is 0 Å². The van der Waals surface area contributed by atoms with E-state index in [1.54, 1.807) is 22.4 Å². The van der Waals surface area contributed by atoms with Crippen molar-refractivity contribution in [2.45, 2.75) is 25.6 Å². The zero-order valence-corrected chi connectivity index (χ0v) is 16.5. The minimum atomic E-state index is -4.65. The van der Waals surface area contributed by atoms with Gasteiger partial charge in [0, 0.05) is 17.8 Å². The fourth-order valence-electron chi connectivity index (χ4n) is 3.83. The maximum atomic E-state index is 13.7. The number of carbonyl (C=O) groups excluding carboxylic acids is 1. The summed E-state index contributed by atoms with van der Waals surface area (Å²) in [6, 6.07) is 13.1. The van der Waals surface area contributed by atoms with E-state index in [-0.39, 0.29) is 23.1 Å². The average Bonchev–Trinajstić information content (AvgIpc) is 3.43. The van der Waals surface area contributed by atoms with Crippen LogP contribution in [0.3, 0.4) is 0 Å². The third kappa shape index (κ3) is 2.97. The third-order valence-electron chi connectivity index (χ3n) is 5.14. The number of halogens is 3. The molecule has 4 aromatic rings. The highest BCUT2D eigenvalue weighted by molar-refractivity contribution is 7.13. The van der Waals surface area contributed by atoms with Crippen LogP contribution >= 0.6 is 11.3 Å². The summed E-state index contributed by atoms with van der Waals surface area (Å²) in [5.74, 6) is -0.441. The third-order valence-corrected chi connectivity index (χ3v) is 6.03. The molecule has 0 fully saturated rings. The largest absolute Gasteiger partial charge is 0.433 e. The lowest BCUT2D eigenvalue weighted by Gasteiger charge is -2.21. The van der Waals surface area contributed by atoms with Crippen molar-refractivity contribution in [3.05, 3.63) is 70.9 Å². The number of thiophene rings is 1. The van der Waals surface area contributed by atoms with Gasteiger partial charge in [-0.2, -0.15) is 18.3 Å². The van der Waals surface area contributed by atoms with Gasteiger partial charge in [-0.05, 0) is 42.5 Å². The van der Waals surface area contributed by atoms with Crippen LogP contribution in [-0.2, 0) is 12.6 Å². The Morgan fingerprint density at radius 3 is 2.70 bits per heavy atom. The molecule has 1 aromatic carbocycles. The molecule has 5 nitrogen and oxygen atoms in total. The maximum Gasteiger partial charge on any atom is 0.433 e. The Morgan fingerprint density at radius 1 is 1.17 bits per heavy atom. The van der Waals surface area contributed by atoms with E-state index >= 15 is 0 Å². The molecule has 30 heavy (non-hydrogen) atoms. The van der Waals surface area contributed by atoms with Crippen LogP contribution in [0.5, 0.6) is 0 Å². The Morgan fingerprint density at radius 2 is 1.97 bits per heavy atom.